The highest BCUT2D eigenvalue weighted by molar-refractivity contribution is 5.84. The lowest BCUT2D eigenvalue weighted by molar-refractivity contribution is -0.124. The fraction of sp³-hybridized carbons (Fsp3) is 0.750. The van der Waals surface area contributed by atoms with Crippen molar-refractivity contribution in [2.45, 2.75) is 33.7 Å². The minimum Gasteiger partial charge on any atom is -0.348 e. The molecule has 3 heteroatoms. The maximum atomic E-state index is 11.0. The molecule has 0 aromatic carbocycles. The summed E-state index contributed by atoms with van der Waals surface area (Å²) in [6, 6.07) is -0.375. The number of amides is 1. The Balaban J connectivity index is 4.34. The summed E-state index contributed by atoms with van der Waals surface area (Å²) in [6.45, 7) is 7.22. The third kappa shape index (κ3) is 3.16. The fourth-order valence-corrected chi connectivity index (χ4v) is 1.05. The average Bonchev–Trinajstić information content (AvgIpc) is 1.79. The molecule has 0 aliphatic heterocycles. The smallest absolute Gasteiger partial charge is 0.207 e. The van der Waals surface area contributed by atoms with E-state index in [1.165, 1.54) is 6.92 Å². The first kappa shape index (κ1) is 10.1. The number of carbonyl (C=O) groups is 2. The molecule has 0 aromatic rings. The van der Waals surface area contributed by atoms with Crippen LogP contribution >= 0.6 is 0 Å². The highest BCUT2D eigenvalue weighted by Crippen LogP contribution is 2.19. The van der Waals surface area contributed by atoms with E-state index >= 15 is 0 Å². The van der Waals surface area contributed by atoms with Gasteiger partial charge in [0, 0.05) is 0 Å². The standard InChI is InChI=1S/C8H15NO2/c1-6(11)7(9-5-10)8(2,3)4/h5,7H,1-4H3,(H,9,10)/t7-/m0/s1. The zero-order valence-corrected chi connectivity index (χ0v) is 7.47. The van der Waals surface area contributed by atoms with Crippen LogP contribution in [0.1, 0.15) is 27.7 Å². The van der Waals surface area contributed by atoms with Crippen LogP contribution < -0.4 is 5.32 Å². The second-order valence-corrected chi connectivity index (χ2v) is 3.69. The van der Waals surface area contributed by atoms with Crippen molar-refractivity contribution in [3.8, 4) is 0 Å². The van der Waals surface area contributed by atoms with Crippen LogP contribution in [0.25, 0.3) is 0 Å². The maximum absolute atomic E-state index is 11.0. The van der Waals surface area contributed by atoms with Gasteiger partial charge >= 0.3 is 0 Å². The normalized spacial score (nSPS) is 13.8. The molecule has 64 valence electrons. The Morgan fingerprint density at radius 2 is 1.91 bits per heavy atom. The van der Waals surface area contributed by atoms with Crippen molar-refractivity contribution in [2.75, 3.05) is 0 Å². The molecular formula is C8H15NO2. The Hall–Kier alpha value is -0.860. The zero-order valence-electron chi connectivity index (χ0n) is 7.47. The van der Waals surface area contributed by atoms with E-state index < -0.39 is 0 Å². The topological polar surface area (TPSA) is 46.2 Å². The Kier molecular flexibility index (Phi) is 3.23. The molecule has 1 amide bonds. The molecule has 0 saturated heterocycles. The van der Waals surface area contributed by atoms with Gasteiger partial charge in [0.25, 0.3) is 0 Å². The summed E-state index contributed by atoms with van der Waals surface area (Å²) >= 11 is 0. The van der Waals surface area contributed by atoms with Gasteiger partial charge < -0.3 is 5.32 Å². The SMILES string of the molecule is CC(=O)[C@H](NC=O)C(C)(C)C. The van der Waals surface area contributed by atoms with Gasteiger partial charge in [0.05, 0.1) is 6.04 Å². The Labute approximate surface area is 67.2 Å². The van der Waals surface area contributed by atoms with E-state index in [0.29, 0.717) is 6.41 Å². The Morgan fingerprint density at radius 3 is 2.00 bits per heavy atom. The van der Waals surface area contributed by atoms with E-state index in [2.05, 4.69) is 5.32 Å². The van der Waals surface area contributed by atoms with Crippen molar-refractivity contribution in [1.82, 2.24) is 5.32 Å². The van der Waals surface area contributed by atoms with Gasteiger partial charge in [0.1, 0.15) is 0 Å². The van der Waals surface area contributed by atoms with Crippen molar-refractivity contribution >= 4 is 12.2 Å². The lowest BCUT2D eigenvalue weighted by atomic mass is 9.85. The number of hydrogen-bond donors (Lipinski definition) is 1. The molecule has 0 fully saturated rings. The number of carbonyl (C=O) groups excluding carboxylic acids is 2. The Bertz CT molecular complexity index is 158. The largest absolute Gasteiger partial charge is 0.348 e. The lowest BCUT2D eigenvalue weighted by Gasteiger charge is -2.27. The van der Waals surface area contributed by atoms with Crippen LogP contribution in [0.4, 0.5) is 0 Å². The van der Waals surface area contributed by atoms with E-state index in [1.54, 1.807) is 0 Å². The van der Waals surface area contributed by atoms with Crippen molar-refractivity contribution in [3.05, 3.63) is 0 Å². The molecule has 0 radical (unpaired) electrons. The molecule has 1 atom stereocenters. The predicted octanol–water partition coefficient (Wildman–Crippen LogP) is 0.736. The molecular weight excluding hydrogens is 142 g/mol. The zero-order chi connectivity index (χ0) is 9.07. The third-order valence-electron chi connectivity index (χ3n) is 1.51. The summed E-state index contributed by atoms with van der Waals surface area (Å²) in [4.78, 5) is 21.1. The number of Topliss-reactive ketones (excluding diaryl/α,β-unsaturated/α-hetero) is 1. The second-order valence-electron chi connectivity index (χ2n) is 3.69. The molecule has 1 N–H and O–H groups in total. The monoisotopic (exact) mass is 157 g/mol. The number of rotatable bonds is 3. The molecule has 11 heavy (non-hydrogen) atoms. The van der Waals surface area contributed by atoms with Crippen LogP contribution in [0.5, 0.6) is 0 Å². The van der Waals surface area contributed by atoms with Crippen molar-refractivity contribution in [3.63, 3.8) is 0 Å². The highest BCUT2D eigenvalue weighted by Gasteiger charge is 2.27. The van der Waals surface area contributed by atoms with E-state index in [9.17, 15) is 9.59 Å². The molecule has 0 aliphatic rings. The maximum Gasteiger partial charge on any atom is 0.207 e. The second kappa shape index (κ2) is 3.51. The molecule has 0 aromatic heterocycles. The predicted molar refractivity (Wildman–Crippen MR) is 43.1 cm³/mol. The average molecular weight is 157 g/mol. The highest BCUT2D eigenvalue weighted by atomic mass is 16.1. The van der Waals surface area contributed by atoms with Crippen molar-refractivity contribution in [2.24, 2.45) is 5.41 Å². The molecule has 0 spiro atoms. The third-order valence-corrected chi connectivity index (χ3v) is 1.51. The van der Waals surface area contributed by atoms with E-state index in [1.807, 2.05) is 20.8 Å². The van der Waals surface area contributed by atoms with Crippen LogP contribution in [0, 0.1) is 5.41 Å². The molecule has 0 heterocycles. The number of nitrogens with one attached hydrogen (secondary N) is 1. The van der Waals surface area contributed by atoms with Gasteiger partial charge in [-0.2, -0.15) is 0 Å². The van der Waals surface area contributed by atoms with Gasteiger partial charge in [-0.1, -0.05) is 20.8 Å². The molecule has 0 aliphatic carbocycles. The summed E-state index contributed by atoms with van der Waals surface area (Å²) in [5.41, 5.74) is -0.202. The minimum absolute atomic E-state index is 0.00963. The van der Waals surface area contributed by atoms with Gasteiger partial charge in [-0.15, -0.1) is 0 Å². The van der Waals surface area contributed by atoms with Crippen LogP contribution in [-0.4, -0.2) is 18.2 Å². The van der Waals surface area contributed by atoms with Crippen LogP contribution in [-0.2, 0) is 9.59 Å². The van der Waals surface area contributed by atoms with E-state index in [0.717, 1.165) is 0 Å². The van der Waals surface area contributed by atoms with Crippen LogP contribution in [0.15, 0.2) is 0 Å². The fourth-order valence-electron chi connectivity index (χ4n) is 1.05. The lowest BCUT2D eigenvalue weighted by Crippen LogP contribution is -2.44. The van der Waals surface area contributed by atoms with Crippen molar-refractivity contribution in [1.29, 1.82) is 0 Å². The van der Waals surface area contributed by atoms with E-state index in [-0.39, 0.29) is 17.2 Å². The van der Waals surface area contributed by atoms with Gasteiger partial charge in [0.15, 0.2) is 5.78 Å². The molecule has 0 saturated carbocycles. The van der Waals surface area contributed by atoms with Gasteiger partial charge in [-0.3, -0.25) is 9.59 Å². The summed E-state index contributed by atoms with van der Waals surface area (Å²) in [5.74, 6) is -0.00963. The Morgan fingerprint density at radius 1 is 1.45 bits per heavy atom. The van der Waals surface area contributed by atoms with Crippen LogP contribution in [0.3, 0.4) is 0 Å². The first-order valence-corrected chi connectivity index (χ1v) is 3.59. The molecule has 0 unspecified atom stereocenters. The minimum atomic E-state index is -0.375. The first-order valence-electron chi connectivity index (χ1n) is 3.59. The first-order chi connectivity index (χ1) is 4.89. The molecule has 0 bridgehead atoms. The van der Waals surface area contributed by atoms with E-state index in [4.69, 9.17) is 0 Å². The summed E-state index contributed by atoms with van der Waals surface area (Å²) < 4.78 is 0. The van der Waals surface area contributed by atoms with Gasteiger partial charge in [0.2, 0.25) is 6.41 Å². The molecule has 3 nitrogen and oxygen atoms in total. The molecule has 0 rings (SSSR count). The number of ketones is 1. The quantitative estimate of drug-likeness (QED) is 0.614. The summed E-state index contributed by atoms with van der Waals surface area (Å²) in [6.07, 6.45) is 0.567. The van der Waals surface area contributed by atoms with Crippen LogP contribution in [0.2, 0.25) is 0 Å². The number of hydrogen-bond acceptors (Lipinski definition) is 2. The summed E-state index contributed by atoms with van der Waals surface area (Å²) in [5, 5.41) is 2.49. The summed E-state index contributed by atoms with van der Waals surface area (Å²) in [7, 11) is 0. The van der Waals surface area contributed by atoms with Gasteiger partial charge in [-0.25, -0.2) is 0 Å². The van der Waals surface area contributed by atoms with Gasteiger partial charge in [-0.05, 0) is 12.3 Å². The van der Waals surface area contributed by atoms with Crippen molar-refractivity contribution < 1.29 is 9.59 Å².